The molecule has 4 amide bonds. The number of carboxylic acids is 1. The third-order valence-electron chi connectivity index (χ3n) is 6.19. The number of amides is 4. The van der Waals surface area contributed by atoms with E-state index >= 15 is 0 Å². The molecule has 13 nitrogen and oxygen atoms in total. The zero-order chi connectivity index (χ0) is 31.2. The second-order valence-electron chi connectivity index (χ2n) is 9.94. The molecule has 0 heterocycles. The summed E-state index contributed by atoms with van der Waals surface area (Å²) in [6, 6.07) is 13.2. The average Bonchev–Trinajstić information content (AvgIpc) is 2.94. The van der Waals surface area contributed by atoms with Gasteiger partial charge in [-0.05, 0) is 36.5 Å². The van der Waals surface area contributed by atoms with E-state index < -0.39 is 60.2 Å². The van der Waals surface area contributed by atoms with Gasteiger partial charge in [-0.1, -0.05) is 62.4 Å². The molecule has 2 rings (SSSR count). The van der Waals surface area contributed by atoms with E-state index in [1.165, 1.54) is 11.8 Å². The van der Waals surface area contributed by atoms with Crippen LogP contribution in [0, 0.1) is 5.92 Å². The van der Waals surface area contributed by atoms with E-state index in [0.29, 0.717) is 17.7 Å². The summed E-state index contributed by atoms with van der Waals surface area (Å²) in [5, 5.41) is 17.5. The van der Waals surface area contributed by atoms with E-state index in [9.17, 15) is 29.1 Å². The molecule has 0 aromatic heterocycles. The Morgan fingerprint density at radius 2 is 1.50 bits per heavy atom. The van der Waals surface area contributed by atoms with Gasteiger partial charge in [0.25, 0.3) is 0 Å². The number of rotatable bonds is 15. The summed E-state index contributed by atoms with van der Waals surface area (Å²) in [5.74, 6) is -4.09. The van der Waals surface area contributed by atoms with Crippen LogP contribution in [-0.4, -0.2) is 65.8 Å². The molecule has 13 heteroatoms. The Kier molecular flexibility index (Phi) is 13.0. The molecule has 0 saturated heterocycles. The Hall–Kier alpha value is -4.94. The lowest BCUT2D eigenvalue weighted by molar-refractivity contribution is -0.142. The van der Waals surface area contributed by atoms with Gasteiger partial charge >= 0.3 is 5.97 Å². The molecular weight excluding hydrogens is 542 g/mol. The topological polar surface area (TPSA) is 209 Å². The lowest BCUT2D eigenvalue weighted by atomic mass is 10.0. The highest BCUT2D eigenvalue weighted by Gasteiger charge is 2.32. The van der Waals surface area contributed by atoms with Crippen molar-refractivity contribution in [1.82, 2.24) is 16.0 Å². The zero-order valence-electron chi connectivity index (χ0n) is 23.9. The number of anilines is 1. The first-order valence-corrected chi connectivity index (χ1v) is 13.5. The van der Waals surface area contributed by atoms with E-state index in [1.807, 2.05) is 0 Å². The van der Waals surface area contributed by atoms with Crippen molar-refractivity contribution in [3.63, 3.8) is 0 Å². The number of hydrogen-bond acceptors (Lipinski definition) is 6. The molecule has 2 aromatic rings. The van der Waals surface area contributed by atoms with Gasteiger partial charge in [-0.3, -0.25) is 24.2 Å². The summed E-state index contributed by atoms with van der Waals surface area (Å²) < 4.78 is 0. The van der Waals surface area contributed by atoms with E-state index in [2.05, 4.69) is 20.9 Å². The number of nitrogens with two attached hydrogens (primary N) is 2. The molecule has 2 aromatic carbocycles. The van der Waals surface area contributed by atoms with Crippen LogP contribution in [0.2, 0.25) is 0 Å². The zero-order valence-corrected chi connectivity index (χ0v) is 23.9. The first kappa shape index (κ1) is 33.3. The Balaban J connectivity index is 2.25. The van der Waals surface area contributed by atoms with Gasteiger partial charge in [0.2, 0.25) is 23.6 Å². The van der Waals surface area contributed by atoms with Crippen molar-refractivity contribution in [1.29, 1.82) is 0 Å². The fourth-order valence-corrected chi connectivity index (χ4v) is 4.16. The Bertz CT molecular complexity index is 1250. The molecule has 0 aliphatic carbocycles. The number of guanidine groups is 1. The molecule has 226 valence electrons. The smallest absolute Gasteiger partial charge is 0.330 e. The predicted molar refractivity (Wildman–Crippen MR) is 158 cm³/mol. The van der Waals surface area contributed by atoms with Gasteiger partial charge in [-0.2, -0.15) is 0 Å². The van der Waals surface area contributed by atoms with E-state index in [-0.39, 0.29) is 18.9 Å². The highest BCUT2D eigenvalue weighted by molar-refractivity contribution is 6.03. The standard InChI is InChI=1S/C29H39N7O6/c1-18(2)24(26(39)35-25(28(41)42)20-11-6-4-7-12-20)34-23(38)17-36(21-13-8-5-9-14-21)27(40)22(33-19(3)37)15-10-16-32-29(30)31/h4-9,11-14,18,22,24-25H,10,15-17H2,1-3H3,(H,33,37)(H,34,38)(H,35,39)(H,41,42)(H4,30,31,32)/t22-,24-,25?/m0/s1. The first-order valence-electron chi connectivity index (χ1n) is 13.5. The van der Waals surface area contributed by atoms with Crippen molar-refractivity contribution < 1.29 is 29.1 Å². The SMILES string of the molecule is CC(=O)N[C@@H](CCCN=C(N)N)C(=O)N(CC(=O)N[C@H](C(=O)NC(C(=O)O)c1ccccc1)C(C)C)c1ccccc1. The normalized spacial score (nSPS) is 12.8. The van der Waals surface area contributed by atoms with Crippen molar-refractivity contribution in [2.24, 2.45) is 22.4 Å². The minimum absolute atomic E-state index is 0.0952. The third kappa shape index (κ3) is 10.6. The number of carbonyl (C=O) groups excluding carboxylic acids is 4. The van der Waals surface area contributed by atoms with Crippen LogP contribution in [0.4, 0.5) is 5.69 Å². The summed E-state index contributed by atoms with van der Waals surface area (Å²) >= 11 is 0. The first-order chi connectivity index (χ1) is 19.9. The van der Waals surface area contributed by atoms with Crippen LogP contribution < -0.4 is 32.3 Å². The molecule has 0 radical (unpaired) electrons. The van der Waals surface area contributed by atoms with Crippen LogP contribution >= 0.6 is 0 Å². The molecule has 0 aliphatic heterocycles. The Labute approximate surface area is 244 Å². The van der Waals surface area contributed by atoms with Gasteiger partial charge in [0, 0.05) is 19.2 Å². The minimum atomic E-state index is -1.32. The maximum absolute atomic E-state index is 13.7. The molecule has 1 unspecified atom stereocenters. The lowest BCUT2D eigenvalue weighted by Gasteiger charge is -2.29. The minimum Gasteiger partial charge on any atom is -0.479 e. The lowest BCUT2D eigenvalue weighted by Crippen LogP contribution is -2.55. The molecule has 0 bridgehead atoms. The predicted octanol–water partition coefficient (Wildman–Crippen LogP) is 0.661. The number of hydrogen-bond donors (Lipinski definition) is 6. The van der Waals surface area contributed by atoms with Gasteiger partial charge in [0.1, 0.15) is 18.6 Å². The number of nitrogens with one attached hydrogen (secondary N) is 3. The van der Waals surface area contributed by atoms with Gasteiger partial charge in [-0.25, -0.2) is 4.79 Å². The molecule has 0 spiro atoms. The van der Waals surface area contributed by atoms with Crippen LogP contribution in [-0.2, 0) is 24.0 Å². The van der Waals surface area contributed by atoms with Crippen molar-refractivity contribution in [3.8, 4) is 0 Å². The van der Waals surface area contributed by atoms with Gasteiger partial charge in [0.05, 0.1) is 0 Å². The van der Waals surface area contributed by atoms with Crippen molar-refractivity contribution in [2.45, 2.75) is 51.7 Å². The number of para-hydroxylation sites is 1. The van der Waals surface area contributed by atoms with Gasteiger partial charge in [-0.15, -0.1) is 0 Å². The molecule has 8 N–H and O–H groups in total. The second-order valence-corrected chi connectivity index (χ2v) is 9.94. The van der Waals surface area contributed by atoms with Gasteiger partial charge < -0.3 is 37.4 Å². The maximum Gasteiger partial charge on any atom is 0.330 e. The summed E-state index contributed by atoms with van der Waals surface area (Å²) in [7, 11) is 0. The van der Waals surface area contributed by atoms with Gasteiger partial charge in [0.15, 0.2) is 12.0 Å². The number of benzene rings is 2. The fraction of sp³-hybridized carbons (Fsp3) is 0.379. The molecular formula is C29H39N7O6. The van der Waals surface area contributed by atoms with E-state index in [1.54, 1.807) is 74.5 Å². The van der Waals surface area contributed by atoms with Crippen molar-refractivity contribution in [2.75, 3.05) is 18.0 Å². The maximum atomic E-state index is 13.7. The summed E-state index contributed by atoms with van der Waals surface area (Å²) in [4.78, 5) is 69.1. The largest absolute Gasteiger partial charge is 0.479 e. The monoisotopic (exact) mass is 581 g/mol. The summed E-state index contributed by atoms with van der Waals surface area (Å²) in [6.07, 6.45) is 0.582. The average molecular weight is 582 g/mol. The Morgan fingerprint density at radius 1 is 0.905 bits per heavy atom. The molecule has 3 atom stereocenters. The summed E-state index contributed by atoms with van der Waals surface area (Å²) in [5.41, 5.74) is 11.5. The van der Waals surface area contributed by atoms with E-state index in [4.69, 9.17) is 11.5 Å². The van der Waals surface area contributed by atoms with Crippen molar-refractivity contribution >= 4 is 41.2 Å². The number of aliphatic carboxylic acids is 1. The fourth-order valence-electron chi connectivity index (χ4n) is 4.16. The quantitative estimate of drug-likeness (QED) is 0.0997. The molecule has 42 heavy (non-hydrogen) atoms. The number of carboxylic acid groups (broad SMARTS) is 1. The molecule has 0 saturated carbocycles. The number of nitrogens with zero attached hydrogens (tertiary/aromatic N) is 2. The van der Waals surface area contributed by atoms with Crippen LogP contribution in [0.3, 0.4) is 0 Å². The molecule has 0 fully saturated rings. The van der Waals surface area contributed by atoms with Crippen molar-refractivity contribution in [3.05, 3.63) is 66.2 Å². The number of carbonyl (C=O) groups is 5. The summed E-state index contributed by atoms with van der Waals surface area (Å²) in [6.45, 7) is 4.45. The van der Waals surface area contributed by atoms with Crippen LogP contribution in [0.15, 0.2) is 65.7 Å². The van der Waals surface area contributed by atoms with E-state index in [0.717, 1.165) is 0 Å². The highest BCUT2D eigenvalue weighted by atomic mass is 16.4. The highest BCUT2D eigenvalue weighted by Crippen LogP contribution is 2.17. The number of aliphatic imine (C=N–C) groups is 1. The second kappa shape index (κ2) is 16.4. The third-order valence-corrected chi connectivity index (χ3v) is 6.19. The molecule has 0 aliphatic rings. The Morgan fingerprint density at radius 3 is 2.02 bits per heavy atom. The van der Waals surface area contributed by atoms with Crippen LogP contribution in [0.25, 0.3) is 0 Å². The van der Waals surface area contributed by atoms with Crippen LogP contribution in [0.5, 0.6) is 0 Å². The van der Waals surface area contributed by atoms with Crippen LogP contribution in [0.1, 0.15) is 45.2 Å².